The van der Waals surface area contributed by atoms with E-state index in [1.54, 1.807) is 0 Å². The Morgan fingerprint density at radius 1 is 1.17 bits per heavy atom. The average molecular weight is 329 g/mol. The lowest BCUT2D eigenvalue weighted by Gasteiger charge is -2.34. The zero-order valence-corrected chi connectivity index (χ0v) is 14.6. The van der Waals surface area contributed by atoms with E-state index in [1.807, 2.05) is 24.8 Å². The fraction of sp³-hybridized carbons (Fsp3) is 0.579. The number of hydrogen-bond donors (Lipinski definition) is 1. The Bertz CT molecular complexity index is 580. The maximum Gasteiger partial charge on any atom is 0.225 e. The van der Waals surface area contributed by atoms with Gasteiger partial charge in [-0.15, -0.1) is 0 Å². The number of nitrogens with one attached hydrogen (secondary N) is 1. The van der Waals surface area contributed by atoms with Crippen molar-refractivity contribution >= 4 is 17.5 Å². The highest BCUT2D eigenvalue weighted by Crippen LogP contribution is 2.22. The third kappa shape index (κ3) is 3.71. The van der Waals surface area contributed by atoms with Gasteiger partial charge >= 0.3 is 0 Å². The van der Waals surface area contributed by atoms with Crippen LogP contribution in [0.3, 0.4) is 0 Å². The molecule has 0 unspecified atom stereocenters. The molecule has 0 aliphatic carbocycles. The third-order valence-electron chi connectivity index (χ3n) is 5.12. The molecule has 1 atom stereocenters. The minimum Gasteiger partial charge on any atom is -0.371 e. The first-order valence-corrected chi connectivity index (χ1v) is 8.94. The van der Waals surface area contributed by atoms with E-state index in [1.165, 1.54) is 5.69 Å². The van der Waals surface area contributed by atoms with E-state index >= 15 is 0 Å². The van der Waals surface area contributed by atoms with Gasteiger partial charge in [0.05, 0.1) is 5.92 Å². The lowest BCUT2D eigenvalue weighted by Crippen LogP contribution is -2.46. The third-order valence-corrected chi connectivity index (χ3v) is 5.12. The summed E-state index contributed by atoms with van der Waals surface area (Å²) in [7, 11) is 0. The Morgan fingerprint density at radius 2 is 1.83 bits per heavy atom. The molecule has 2 heterocycles. The molecular weight excluding hydrogens is 302 g/mol. The fourth-order valence-electron chi connectivity index (χ4n) is 3.65. The predicted molar refractivity (Wildman–Crippen MR) is 94.8 cm³/mol. The molecule has 0 bridgehead atoms. The maximum absolute atomic E-state index is 12.5. The monoisotopic (exact) mass is 329 g/mol. The van der Waals surface area contributed by atoms with E-state index in [9.17, 15) is 9.59 Å². The highest BCUT2D eigenvalue weighted by molar-refractivity contribution is 5.89. The molecule has 2 aliphatic rings. The van der Waals surface area contributed by atoms with Gasteiger partial charge in [-0.3, -0.25) is 9.59 Å². The molecule has 130 valence electrons. The van der Waals surface area contributed by atoms with Crippen molar-refractivity contribution in [3.05, 3.63) is 30.3 Å². The second-order valence-corrected chi connectivity index (χ2v) is 7.15. The van der Waals surface area contributed by atoms with E-state index in [0.717, 1.165) is 25.9 Å². The SMILES string of the molecule is CC(C)N1C[C@H](C(=O)NC2CCN(c3ccccc3)CC2)CC1=O. The van der Waals surface area contributed by atoms with Crippen molar-refractivity contribution in [1.82, 2.24) is 10.2 Å². The quantitative estimate of drug-likeness (QED) is 0.919. The molecule has 0 aromatic heterocycles. The smallest absolute Gasteiger partial charge is 0.225 e. The van der Waals surface area contributed by atoms with Crippen LogP contribution in [0.5, 0.6) is 0 Å². The number of carbonyl (C=O) groups excluding carboxylic acids is 2. The summed E-state index contributed by atoms with van der Waals surface area (Å²) in [5.41, 5.74) is 1.25. The van der Waals surface area contributed by atoms with E-state index in [2.05, 4.69) is 34.5 Å². The number of likely N-dealkylation sites (tertiary alicyclic amines) is 1. The molecule has 24 heavy (non-hydrogen) atoms. The van der Waals surface area contributed by atoms with E-state index in [0.29, 0.717) is 13.0 Å². The van der Waals surface area contributed by atoms with Crippen LogP contribution >= 0.6 is 0 Å². The number of amides is 2. The van der Waals surface area contributed by atoms with Gasteiger partial charge in [-0.1, -0.05) is 18.2 Å². The zero-order valence-electron chi connectivity index (χ0n) is 14.6. The van der Waals surface area contributed by atoms with E-state index in [4.69, 9.17) is 0 Å². The van der Waals surface area contributed by atoms with Crippen LogP contribution in [0, 0.1) is 5.92 Å². The highest BCUT2D eigenvalue weighted by Gasteiger charge is 2.36. The van der Waals surface area contributed by atoms with Gasteiger partial charge < -0.3 is 15.1 Å². The zero-order chi connectivity index (χ0) is 17.1. The standard InChI is InChI=1S/C19H27N3O2/c1-14(2)22-13-15(12-18(22)23)19(24)20-16-8-10-21(11-9-16)17-6-4-3-5-7-17/h3-7,14-16H,8-13H2,1-2H3,(H,20,24)/t15-/m1/s1. The van der Waals surface area contributed by atoms with Crippen LogP contribution in [0.15, 0.2) is 30.3 Å². The molecule has 1 aromatic rings. The molecule has 0 radical (unpaired) electrons. The van der Waals surface area contributed by atoms with Crippen molar-refractivity contribution in [2.75, 3.05) is 24.5 Å². The molecular formula is C19H27N3O2. The average Bonchev–Trinajstić information content (AvgIpc) is 2.99. The minimum absolute atomic E-state index is 0.0460. The molecule has 0 spiro atoms. The topological polar surface area (TPSA) is 52.7 Å². The summed E-state index contributed by atoms with van der Waals surface area (Å²) in [5, 5.41) is 3.17. The van der Waals surface area contributed by atoms with Gasteiger partial charge in [0.1, 0.15) is 0 Å². The van der Waals surface area contributed by atoms with Gasteiger partial charge in [0.25, 0.3) is 0 Å². The molecule has 2 aliphatic heterocycles. The Kier molecular flexibility index (Phi) is 5.07. The second-order valence-electron chi connectivity index (χ2n) is 7.15. The van der Waals surface area contributed by atoms with E-state index < -0.39 is 0 Å². The normalized spacial score (nSPS) is 22.3. The molecule has 1 aromatic carbocycles. The summed E-state index contributed by atoms with van der Waals surface area (Å²) in [6, 6.07) is 10.8. The van der Waals surface area contributed by atoms with Crippen LogP contribution in [0.1, 0.15) is 33.1 Å². The fourth-order valence-corrected chi connectivity index (χ4v) is 3.65. The van der Waals surface area contributed by atoms with Gasteiger partial charge in [-0.25, -0.2) is 0 Å². The van der Waals surface area contributed by atoms with Gasteiger partial charge in [0.2, 0.25) is 11.8 Å². The van der Waals surface area contributed by atoms with Crippen molar-refractivity contribution < 1.29 is 9.59 Å². The van der Waals surface area contributed by atoms with Crippen molar-refractivity contribution in [1.29, 1.82) is 0 Å². The Hall–Kier alpha value is -2.04. The van der Waals surface area contributed by atoms with Crippen molar-refractivity contribution in [3.63, 3.8) is 0 Å². The number of benzene rings is 1. The number of piperidine rings is 1. The summed E-state index contributed by atoms with van der Waals surface area (Å²) in [6.07, 6.45) is 2.26. The highest BCUT2D eigenvalue weighted by atomic mass is 16.2. The first kappa shape index (κ1) is 16.8. The molecule has 2 fully saturated rings. The molecule has 5 heteroatoms. The summed E-state index contributed by atoms with van der Waals surface area (Å²) >= 11 is 0. The number of rotatable bonds is 4. The van der Waals surface area contributed by atoms with Gasteiger partial charge in [-0.2, -0.15) is 0 Å². The molecule has 0 saturated carbocycles. The molecule has 5 nitrogen and oxygen atoms in total. The Morgan fingerprint density at radius 3 is 2.42 bits per heavy atom. The Balaban J connectivity index is 1.48. The maximum atomic E-state index is 12.5. The van der Waals surface area contributed by atoms with E-state index in [-0.39, 0.29) is 29.8 Å². The number of carbonyl (C=O) groups is 2. The second kappa shape index (κ2) is 7.24. The van der Waals surface area contributed by atoms with Crippen LogP contribution in [0.2, 0.25) is 0 Å². The molecule has 3 rings (SSSR count). The van der Waals surface area contributed by atoms with Crippen LogP contribution < -0.4 is 10.2 Å². The van der Waals surface area contributed by atoms with Crippen molar-refractivity contribution in [3.8, 4) is 0 Å². The summed E-state index contributed by atoms with van der Waals surface area (Å²) in [4.78, 5) is 28.6. The summed E-state index contributed by atoms with van der Waals surface area (Å²) < 4.78 is 0. The molecule has 2 amide bonds. The Labute approximate surface area is 144 Å². The van der Waals surface area contributed by atoms with Crippen LogP contribution in [0.25, 0.3) is 0 Å². The number of hydrogen-bond acceptors (Lipinski definition) is 3. The van der Waals surface area contributed by atoms with Crippen LogP contribution in [-0.4, -0.2) is 48.4 Å². The largest absolute Gasteiger partial charge is 0.371 e. The first-order valence-electron chi connectivity index (χ1n) is 8.94. The van der Waals surface area contributed by atoms with Crippen molar-refractivity contribution in [2.24, 2.45) is 5.92 Å². The molecule has 1 N–H and O–H groups in total. The van der Waals surface area contributed by atoms with Crippen molar-refractivity contribution in [2.45, 2.75) is 45.2 Å². The summed E-state index contributed by atoms with van der Waals surface area (Å²) in [6.45, 7) is 6.47. The first-order chi connectivity index (χ1) is 11.5. The minimum atomic E-state index is -0.188. The summed E-state index contributed by atoms with van der Waals surface area (Å²) in [5.74, 6) is -0.0410. The number of para-hydroxylation sites is 1. The van der Waals surface area contributed by atoms with Crippen LogP contribution in [0.4, 0.5) is 5.69 Å². The van der Waals surface area contributed by atoms with Gasteiger partial charge in [0.15, 0.2) is 0 Å². The lowest BCUT2D eigenvalue weighted by atomic mass is 10.0. The van der Waals surface area contributed by atoms with Crippen LogP contribution in [-0.2, 0) is 9.59 Å². The molecule has 2 saturated heterocycles. The number of nitrogens with zero attached hydrogens (tertiary/aromatic N) is 2. The predicted octanol–water partition coefficient (Wildman–Crippen LogP) is 2.03. The van der Waals surface area contributed by atoms with Gasteiger partial charge in [-0.05, 0) is 38.8 Å². The lowest BCUT2D eigenvalue weighted by molar-refractivity contribution is -0.130. The number of anilines is 1. The van der Waals surface area contributed by atoms with Gasteiger partial charge in [0, 0.05) is 43.8 Å².